The van der Waals surface area contributed by atoms with Crippen molar-refractivity contribution < 1.29 is 19.4 Å². The van der Waals surface area contributed by atoms with Crippen molar-refractivity contribution in [1.82, 2.24) is 4.90 Å². The van der Waals surface area contributed by atoms with Crippen molar-refractivity contribution in [2.45, 2.75) is 18.0 Å². The molecule has 0 radical (unpaired) electrons. The van der Waals surface area contributed by atoms with Crippen LogP contribution < -0.4 is 4.90 Å². The van der Waals surface area contributed by atoms with E-state index in [2.05, 4.69) is 0 Å². The Morgan fingerprint density at radius 1 is 1.11 bits per heavy atom. The zero-order valence-corrected chi connectivity index (χ0v) is 15.1. The minimum Gasteiger partial charge on any atom is -0.394 e. The average Bonchev–Trinajstić information content (AvgIpc) is 2.68. The van der Waals surface area contributed by atoms with Crippen LogP contribution in [-0.4, -0.2) is 60.8 Å². The van der Waals surface area contributed by atoms with Crippen molar-refractivity contribution in [3.63, 3.8) is 0 Å². The molecule has 0 spiro atoms. The number of carbonyl (C=O) groups is 2. The van der Waals surface area contributed by atoms with Crippen LogP contribution in [0.2, 0.25) is 0 Å². The number of hydrogen-bond acceptors (Lipinski definition) is 4. The first-order valence-corrected chi connectivity index (χ1v) is 9.04. The molecule has 2 heterocycles. The van der Waals surface area contributed by atoms with Crippen molar-refractivity contribution in [2.24, 2.45) is 0 Å². The number of carbonyl (C=O) groups excluding carboxylic acids is 2. The first-order valence-electron chi connectivity index (χ1n) is 9.04. The molecule has 0 bridgehead atoms. The molecule has 6 nitrogen and oxygen atoms in total. The zero-order valence-electron chi connectivity index (χ0n) is 15.1. The molecule has 1 N–H and O–H groups in total. The van der Waals surface area contributed by atoms with E-state index in [9.17, 15) is 14.7 Å². The predicted molar refractivity (Wildman–Crippen MR) is 101 cm³/mol. The van der Waals surface area contributed by atoms with Crippen LogP contribution in [0, 0.1) is 0 Å². The Morgan fingerprint density at radius 2 is 1.81 bits per heavy atom. The third kappa shape index (κ3) is 2.81. The molecule has 0 aromatic heterocycles. The monoisotopic (exact) mass is 366 g/mol. The summed E-state index contributed by atoms with van der Waals surface area (Å²) in [5.74, 6) is -0.232. The van der Waals surface area contributed by atoms with Crippen molar-refractivity contribution in [3.05, 3.63) is 65.7 Å². The van der Waals surface area contributed by atoms with Gasteiger partial charge in [0, 0.05) is 30.8 Å². The van der Waals surface area contributed by atoms with Crippen LogP contribution in [0.25, 0.3) is 0 Å². The van der Waals surface area contributed by atoms with Gasteiger partial charge in [-0.3, -0.25) is 9.59 Å². The van der Waals surface area contributed by atoms with Crippen LogP contribution in [0.3, 0.4) is 0 Å². The molecule has 140 valence electrons. The van der Waals surface area contributed by atoms with Crippen LogP contribution in [0.4, 0.5) is 5.69 Å². The van der Waals surface area contributed by atoms with Gasteiger partial charge < -0.3 is 19.6 Å². The van der Waals surface area contributed by atoms with Gasteiger partial charge in [0.15, 0.2) is 0 Å². The van der Waals surface area contributed by atoms with E-state index in [1.54, 1.807) is 21.9 Å². The van der Waals surface area contributed by atoms with Gasteiger partial charge in [0.05, 0.1) is 18.7 Å². The van der Waals surface area contributed by atoms with Gasteiger partial charge >= 0.3 is 0 Å². The molecular weight excluding hydrogens is 344 g/mol. The first kappa shape index (κ1) is 17.7. The quantitative estimate of drug-likeness (QED) is 0.893. The number of fused-ring (bicyclic) bond motifs is 3. The van der Waals surface area contributed by atoms with Gasteiger partial charge in [0.25, 0.3) is 5.91 Å². The largest absolute Gasteiger partial charge is 0.394 e. The Bertz CT molecular complexity index is 854. The maximum absolute atomic E-state index is 13.1. The number of likely N-dealkylation sites (tertiary alicyclic amines) is 1. The highest BCUT2D eigenvalue weighted by Crippen LogP contribution is 2.48. The van der Waals surface area contributed by atoms with Crippen molar-refractivity contribution >= 4 is 17.5 Å². The summed E-state index contributed by atoms with van der Waals surface area (Å²) >= 11 is 0. The molecule has 3 atom stereocenters. The van der Waals surface area contributed by atoms with Gasteiger partial charge in [-0.25, -0.2) is 0 Å². The summed E-state index contributed by atoms with van der Waals surface area (Å²) in [4.78, 5) is 29.1. The van der Waals surface area contributed by atoms with Crippen LogP contribution in [0.1, 0.15) is 21.8 Å². The molecule has 1 saturated heterocycles. The Hall–Kier alpha value is -2.70. The number of rotatable bonds is 4. The molecule has 6 heteroatoms. The molecule has 0 unspecified atom stereocenters. The number of anilines is 1. The summed E-state index contributed by atoms with van der Waals surface area (Å²) in [6, 6.07) is 16.4. The lowest BCUT2D eigenvalue weighted by Gasteiger charge is -2.58. The summed E-state index contributed by atoms with van der Waals surface area (Å²) in [6.07, 6.45) is 0. The zero-order chi connectivity index (χ0) is 19.0. The minimum absolute atomic E-state index is 0.0202. The van der Waals surface area contributed by atoms with Crippen molar-refractivity contribution in [2.75, 3.05) is 31.8 Å². The number of amides is 2. The Morgan fingerprint density at radius 3 is 2.52 bits per heavy atom. The number of methoxy groups -OCH3 is 1. The van der Waals surface area contributed by atoms with E-state index in [1.807, 2.05) is 42.5 Å². The molecule has 2 aromatic rings. The number of para-hydroxylation sites is 1. The van der Waals surface area contributed by atoms with Crippen molar-refractivity contribution in [1.29, 1.82) is 0 Å². The standard InChI is InChI=1S/C21H22N2O4/c1-27-13-19(25)23-17-11-22(21(26)14-7-3-2-4-8-14)16-10-6-5-9-15(16)20(17)18(23)12-24/h2-10,17-18,20,24H,11-13H2,1H3/t17-,18-,20+/m0/s1. The molecule has 1 fully saturated rings. The maximum atomic E-state index is 13.1. The van der Waals surface area contributed by atoms with Crippen LogP contribution in [0.15, 0.2) is 54.6 Å². The van der Waals surface area contributed by atoms with Gasteiger partial charge in [0.2, 0.25) is 5.91 Å². The van der Waals surface area contributed by atoms with Crippen molar-refractivity contribution in [3.8, 4) is 0 Å². The summed E-state index contributed by atoms with van der Waals surface area (Å²) < 4.78 is 4.99. The minimum atomic E-state index is -0.284. The molecule has 2 amide bonds. The van der Waals surface area contributed by atoms with Crippen LogP contribution >= 0.6 is 0 Å². The number of aliphatic hydroxyl groups excluding tert-OH is 1. The van der Waals surface area contributed by atoms with Gasteiger partial charge in [0.1, 0.15) is 6.61 Å². The summed E-state index contributed by atoms with van der Waals surface area (Å²) in [6.45, 7) is 0.257. The highest BCUT2D eigenvalue weighted by Gasteiger charge is 2.55. The average molecular weight is 366 g/mol. The molecule has 0 aliphatic carbocycles. The number of ether oxygens (including phenoxy) is 1. The third-order valence-corrected chi connectivity index (χ3v) is 5.51. The summed E-state index contributed by atoms with van der Waals surface area (Å²) in [5.41, 5.74) is 2.46. The van der Waals surface area contributed by atoms with Gasteiger partial charge in [-0.05, 0) is 23.8 Å². The number of nitrogens with zero attached hydrogens (tertiary/aromatic N) is 2. The predicted octanol–water partition coefficient (Wildman–Crippen LogP) is 1.65. The SMILES string of the molecule is COCC(=O)N1[C@@H](CO)[C@@H]2c3ccccc3N(C(=O)c3ccccc3)C[C@@H]21. The molecule has 27 heavy (non-hydrogen) atoms. The van der Waals surface area contributed by atoms with E-state index in [4.69, 9.17) is 4.74 Å². The van der Waals surface area contributed by atoms with E-state index in [1.165, 1.54) is 7.11 Å². The van der Waals surface area contributed by atoms with E-state index in [0.717, 1.165) is 11.3 Å². The third-order valence-electron chi connectivity index (χ3n) is 5.51. The topological polar surface area (TPSA) is 70.1 Å². The highest BCUT2D eigenvalue weighted by atomic mass is 16.5. The highest BCUT2D eigenvalue weighted by molar-refractivity contribution is 6.07. The van der Waals surface area contributed by atoms with Crippen LogP contribution in [0.5, 0.6) is 0 Å². The molecular formula is C21H22N2O4. The molecule has 2 aliphatic heterocycles. The Balaban J connectivity index is 1.72. The Labute approximate surface area is 158 Å². The molecule has 2 aliphatic rings. The summed E-state index contributed by atoms with van der Waals surface area (Å²) in [7, 11) is 1.48. The molecule has 4 rings (SSSR count). The molecule has 0 saturated carbocycles. The lowest BCUT2D eigenvalue weighted by molar-refractivity contribution is -0.154. The van der Waals surface area contributed by atoms with Gasteiger partial charge in [-0.1, -0.05) is 36.4 Å². The smallest absolute Gasteiger partial charge is 0.258 e. The fourth-order valence-electron chi connectivity index (χ4n) is 4.36. The van der Waals surface area contributed by atoms with Crippen LogP contribution in [-0.2, 0) is 9.53 Å². The van der Waals surface area contributed by atoms with E-state index in [-0.39, 0.29) is 43.0 Å². The first-order chi connectivity index (χ1) is 13.2. The number of benzene rings is 2. The second-order valence-corrected chi connectivity index (χ2v) is 6.92. The fraction of sp³-hybridized carbons (Fsp3) is 0.333. The molecule has 2 aromatic carbocycles. The van der Waals surface area contributed by atoms with E-state index < -0.39 is 0 Å². The van der Waals surface area contributed by atoms with E-state index in [0.29, 0.717) is 12.1 Å². The van der Waals surface area contributed by atoms with Gasteiger partial charge in [-0.2, -0.15) is 0 Å². The maximum Gasteiger partial charge on any atom is 0.258 e. The van der Waals surface area contributed by atoms with E-state index >= 15 is 0 Å². The lowest BCUT2D eigenvalue weighted by Crippen LogP contribution is -2.71. The Kier molecular flexibility index (Phi) is 4.68. The summed E-state index contributed by atoms with van der Waals surface area (Å²) in [5, 5.41) is 9.88. The van der Waals surface area contributed by atoms with Gasteiger partial charge in [-0.15, -0.1) is 0 Å². The number of aliphatic hydroxyl groups is 1. The lowest BCUT2D eigenvalue weighted by atomic mass is 9.72. The second kappa shape index (κ2) is 7.13. The fourth-order valence-corrected chi connectivity index (χ4v) is 4.36. The second-order valence-electron chi connectivity index (χ2n) is 6.92. The number of hydrogen-bond donors (Lipinski definition) is 1. The normalized spacial score (nSPS) is 23.3.